The summed E-state index contributed by atoms with van der Waals surface area (Å²) in [6, 6.07) is 10.8. The van der Waals surface area contributed by atoms with Gasteiger partial charge in [0.2, 0.25) is 0 Å². The molecule has 2 rings (SSSR count). The Kier molecular flexibility index (Phi) is 4.51. The molecule has 2 aromatic carbocycles. The third kappa shape index (κ3) is 4.01. The topological polar surface area (TPSA) is 12.0 Å². The van der Waals surface area contributed by atoms with E-state index in [1.54, 1.807) is 12.1 Å². The van der Waals surface area contributed by atoms with Crippen molar-refractivity contribution in [1.29, 1.82) is 0 Å². The summed E-state index contributed by atoms with van der Waals surface area (Å²) in [4.78, 5) is 0. The lowest BCUT2D eigenvalue weighted by Gasteiger charge is -2.14. The molecule has 1 nitrogen and oxygen atoms in total. The molecule has 0 saturated heterocycles. The van der Waals surface area contributed by atoms with Gasteiger partial charge in [0.1, 0.15) is 11.6 Å². The zero-order valence-corrected chi connectivity index (χ0v) is 11.2. The summed E-state index contributed by atoms with van der Waals surface area (Å²) in [6.07, 6.45) is 0. The lowest BCUT2D eigenvalue weighted by Crippen LogP contribution is -2.18. The zero-order chi connectivity index (χ0) is 13.8. The molecule has 0 aliphatic rings. The van der Waals surface area contributed by atoms with Gasteiger partial charge in [-0.1, -0.05) is 23.7 Å². The molecule has 0 aromatic heterocycles. The van der Waals surface area contributed by atoms with Crippen molar-refractivity contribution in [3.8, 4) is 0 Å². The molecule has 1 N–H and O–H groups in total. The number of nitrogens with one attached hydrogen (secondary N) is 1. The average molecular weight is 282 g/mol. The largest absolute Gasteiger partial charge is 0.306 e. The van der Waals surface area contributed by atoms with Crippen molar-refractivity contribution in [2.45, 2.75) is 19.5 Å². The van der Waals surface area contributed by atoms with Crippen LogP contribution in [0, 0.1) is 11.6 Å². The molecular weight excluding hydrogens is 268 g/mol. The Balaban J connectivity index is 2.02. The van der Waals surface area contributed by atoms with E-state index >= 15 is 0 Å². The Morgan fingerprint density at radius 3 is 2.58 bits per heavy atom. The molecule has 1 atom stereocenters. The van der Waals surface area contributed by atoms with Gasteiger partial charge in [0, 0.05) is 17.6 Å². The van der Waals surface area contributed by atoms with E-state index in [0.717, 1.165) is 11.1 Å². The number of hydrogen-bond acceptors (Lipinski definition) is 1. The van der Waals surface area contributed by atoms with E-state index in [1.807, 2.05) is 13.0 Å². The predicted molar refractivity (Wildman–Crippen MR) is 73.1 cm³/mol. The minimum absolute atomic E-state index is 0.0299. The summed E-state index contributed by atoms with van der Waals surface area (Å²) in [5, 5.41) is 3.58. The summed E-state index contributed by atoms with van der Waals surface area (Å²) in [5.41, 5.74) is 1.61. The van der Waals surface area contributed by atoms with Crippen LogP contribution < -0.4 is 5.32 Å². The van der Waals surface area contributed by atoms with Gasteiger partial charge in [0.25, 0.3) is 0 Å². The van der Waals surface area contributed by atoms with Crippen LogP contribution in [0.1, 0.15) is 24.1 Å². The first-order chi connectivity index (χ1) is 9.04. The Morgan fingerprint density at radius 1 is 1.11 bits per heavy atom. The first-order valence-electron chi connectivity index (χ1n) is 5.98. The molecule has 0 fully saturated rings. The molecule has 4 heteroatoms. The van der Waals surface area contributed by atoms with E-state index in [1.165, 1.54) is 24.3 Å². The summed E-state index contributed by atoms with van der Waals surface area (Å²) in [7, 11) is 0. The van der Waals surface area contributed by atoms with Crippen molar-refractivity contribution in [3.63, 3.8) is 0 Å². The van der Waals surface area contributed by atoms with Crippen molar-refractivity contribution in [3.05, 3.63) is 70.2 Å². The molecule has 0 saturated carbocycles. The summed E-state index contributed by atoms with van der Waals surface area (Å²) in [5.74, 6) is -0.623. The standard InChI is InChI=1S/C15H14ClF2N/c1-10(12-3-2-4-14(17)7-12)19-9-11-5-13(16)8-15(18)6-11/h2-8,10,19H,9H2,1H3/t10-/m1/s1. The van der Waals surface area contributed by atoms with Crippen LogP contribution in [0.2, 0.25) is 5.02 Å². The maximum absolute atomic E-state index is 13.2. The van der Waals surface area contributed by atoms with Crippen LogP contribution in [-0.4, -0.2) is 0 Å². The Hall–Kier alpha value is -1.45. The molecule has 0 aliphatic carbocycles. The maximum Gasteiger partial charge on any atom is 0.125 e. The third-order valence-electron chi connectivity index (χ3n) is 2.88. The molecule has 100 valence electrons. The lowest BCUT2D eigenvalue weighted by atomic mass is 10.1. The van der Waals surface area contributed by atoms with E-state index in [0.29, 0.717) is 11.6 Å². The molecule has 0 heterocycles. The quantitative estimate of drug-likeness (QED) is 0.872. The second-order valence-electron chi connectivity index (χ2n) is 4.44. The van der Waals surface area contributed by atoms with Crippen LogP contribution in [-0.2, 0) is 6.54 Å². The highest BCUT2D eigenvalue weighted by molar-refractivity contribution is 6.30. The van der Waals surface area contributed by atoms with Crippen molar-refractivity contribution in [2.75, 3.05) is 0 Å². The van der Waals surface area contributed by atoms with Crippen LogP contribution in [0.25, 0.3) is 0 Å². The highest BCUT2D eigenvalue weighted by Crippen LogP contribution is 2.17. The summed E-state index contributed by atoms with van der Waals surface area (Å²) >= 11 is 5.79. The maximum atomic E-state index is 13.2. The molecule has 0 aliphatic heterocycles. The molecule has 0 spiro atoms. The van der Waals surface area contributed by atoms with Gasteiger partial charge in [-0.15, -0.1) is 0 Å². The summed E-state index contributed by atoms with van der Waals surface area (Å²) < 4.78 is 26.3. The predicted octanol–water partition coefficient (Wildman–Crippen LogP) is 4.47. The molecule has 2 aromatic rings. The Morgan fingerprint density at radius 2 is 1.89 bits per heavy atom. The van der Waals surface area contributed by atoms with Crippen LogP contribution in [0.3, 0.4) is 0 Å². The average Bonchev–Trinajstić information content (AvgIpc) is 2.35. The summed E-state index contributed by atoms with van der Waals surface area (Å²) in [6.45, 7) is 2.39. The smallest absolute Gasteiger partial charge is 0.125 e. The van der Waals surface area contributed by atoms with Gasteiger partial charge in [-0.25, -0.2) is 8.78 Å². The van der Waals surface area contributed by atoms with Crippen LogP contribution in [0.5, 0.6) is 0 Å². The fourth-order valence-electron chi connectivity index (χ4n) is 1.88. The van der Waals surface area contributed by atoms with E-state index in [-0.39, 0.29) is 17.7 Å². The number of halogens is 3. The monoisotopic (exact) mass is 281 g/mol. The third-order valence-corrected chi connectivity index (χ3v) is 3.10. The van der Waals surface area contributed by atoms with E-state index < -0.39 is 0 Å². The zero-order valence-electron chi connectivity index (χ0n) is 10.5. The van der Waals surface area contributed by atoms with E-state index in [4.69, 9.17) is 11.6 Å². The second kappa shape index (κ2) is 6.13. The minimum Gasteiger partial charge on any atom is -0.306 e. The highest BCUT2D eigenvalue weighted by atomic mass is 35.5. The SMILES string of the molecule is C[C@@H](NCc1cc(F)cc(Cl)c1)c1cccc(F)c1. The number of hydrogen-bond donors (Lipinski definition) is 1. The first-order valence-corrected chi connectivity index (χ1v) is 6.36. The Labute approximate surface area is 116 Å². The molecular formula is C15H14ClF2N. The minimum atomic E-state index is -0.359. The fraction of sp³-hybridized carbons (Fsp3) is 0.200. The van der Waals surface area contributed by atoms with Crippen LogP contribution in [0.15, 0.2) is 42.5 Å². The van der Waals surface area contributed by atoms with Crippen molar-refractivity contribution in [1.82, 2.24) is 5.32 Å². The van der Waals surface area contributed by atoms with Gasteiger partial charge in [-0.3, -0.25) is 0 Å². The van der Waals surface area contributed by atoms with Gasteiger partial charge in [0.05, 0.1) is 0 Å². The van der Waals surface area contributed by atoms with Gasteiger partial charge in [-0.05, 0) is 48.4 Å². The molecule has 0 radical (unpaired) electrons. The van der Waals surface area contributed by atoms with Gasteiger partial charge in [-0.2, -0.15) is 0 Å². The van der Waals surface area contributed by atoms with Crippen molar-refractivity contribution >= 4 is 11.6 Å². The van der Waals surface area contributed by atoms with E-state index in [9.17, 15) is 8.78 Å². The van der Waals surface area contributed by atoms with Crippen LogP contribution >= 0.6 is 11.6 Å². The highest BCUT2D eigenvalue weighted by Gasteiger charge is 2.06. The van der Waals surface area contributed by atoms with Gasteiger partial charge in [0.15, 0.2) is 0 Å². The second-order valence-corrected chi connectivity index (χ2v) is 4.87. The normalized spacial score (nSPS) is 12.4. The number of benzene rings is 2. The van der Waals surface area contributed by atoms with Crippen molar-refractivity contribution < 1.29 is 8.78 Å². The molecule has 0 amide bonds. The molecule has 19 heavy (non-hydrogen) atoms. The first kappa shape index (κ1) is 14.0. The van der Waals surface area contributed by atoms with Gasteiger partial charge >= 0.3 is 0 Å². The molecule has 0 unspecified atom stereocenters. The van der Waals surface area contributed by atoms with E-state index in [2.05, 4.69) is 5.32 Å². The fourth-order valence-corrected chi connectivity index (χ4v) is 2.12. The Bertz CT molecular complexity index is 552. The van der Waals surface area contributed by atoms with Gasteiger partial charge < -0.3 is 5.32 Å². The molecule has 0 bridgehead atoms. The van der Waals surface area contributed by atoms with Crippen LogP contribution in [0.4, 0.5) is 8.78 Å². The number of rotatable bonds is 4. The van der Waals surface area contributed by atoms with Crippen molar-refractivity contribution in [2.24, 2.45) is 0 Å². The lowest BCUT2D eigenvalue weighted by molar-refractivity contribution is 0.561.